The molecule has 0 saturated heterocycles. The molecular formula is C18H38O2Si. The number of unbranched alkanes of at least 4 members (excludes halogenated alkanes) is 1. The van der Waals surface area contributed by atoms with Crippen LogP contribution >= 0.6 is 0 Å². The van der Waals surface area contributed by atoms with E-state index in [9.17, 15) is 0 Å². The maximum atomic E-state index is 6.59. The molecule has 0 bridgehead atoms. The molecular weight excluding hydrogens is 276 g/mol. The highest BCUT2D eigenvalue weighted by Crippen LogP contribution is 2.54. The second kappa shape index (κ2) is 7.61. The van der Waals surface area contributed by atoms with E-state index in [1.807, 2.05) is 7.11 Å². The molecule has 1 fully saturated rings. The van der Waals surface area contributed by atoms with Crippen LogP contribution in [-0.2, 0) is 8.85 Å². The fourth-order valence-electron chi connectivity index (χ4n) is 3.75. The molecule has 0 aromatic heterocycles. The van der Waals surface area contributed by atoms with E-state index in [0.717, 1.165) is 19.1 Å². The van der Waals surface area contributed by atoms with Crippen molar-refractivity contribution in [2.45, 2.75) is 91.7 Å². The minimum absolute atomic E-state index is 0.337. The van der Waals surface area contributed by atoms with Crippen LogP contribution in [-0.4, -0.2) is 22.3 Å². The van der Waals surface area contributed by atoms with Crippen LogP contribution in [0.15, 0.2) is 0 Å². The van der Waals surface area contributed by atoms with Gasteiger partial charge >= 0.3 is 8.56 Å². The molecule has 2 nitrogen and oxygen atoms in total. The summed E-state index contributed by atoms with van der Waals surface area (Å²) in [6, 6.07) is 1.16. The Bertz CT molecular complexity index is 309. The lowest BCUT2D eigenvalue weighted by Gasteiger charge is -2.41. The molecule has 0 N–H and O–H groups in total. The van der Waals surface area contributed by atoms with Crippen molar-refractivity contribution in [2.24, 2.45) is 10.8 Å². The first kappa shape index (κ1) is 19.2. The van der Waals surface area contributed by atoms with Crippen LogP contribution in [0, 0.1) is 10.8 Å². The van der Waals surface area contributed by atoms with Gasteiger partial charge in [-0.1, -0.05) is 60.8 Å². The van der Waals surface area contributed by atoms with Gasteiger partial charge in [0.2, 0.25) is 0 Å². The normalized spacial score (nSPS) is 25.0. The first-order chi connectivity index (χ1) is 9.67. The van der Waals surface area contributed by atoms with E-state index in [4.69, 9.17) is 8.85 Å². The summed E-state index contributed by atoms with van der Waals surface area (Å²) in [6.07, 6.45) is 7.54. The van der Waals surface area contributed by atoms with Gasteiger partial charge in [-0.05, 0) is 36.1 Å². The van der Waals surface area contributed by atoms with Gasteiger partial charge in [0.15, 0.2) is 0 Å². The summed E-state index contributed by atoms with van der Waals surface area (Å²) >= 11 is 0. The zero-order chi connectivity index (χ0) is 16.1. The average molecular weight is 315 g/mol. The van der Waals surface area contributed by atoms with Gasteiger partial charge in [-0.15, -0.1) is 0 Å². The fraction of sp³-hybridized carbons (Fsp3) is 1.00. The van der Waals surface area contributed by atoms with Crippen LogP contribution in [0.25, 0.3) is 0 Å². The van der Waals surface area contributed by atoms with Crippen molar-refractivity contribution in [3.05, 3.63) is 0 Å². The maximum Gasteiger partial charge on any atom is 0.341 e. The molecule has 2 atom stereocenters. The molecule has 0 aliphatic heterocycles. The van der Waals surface area contributed by atoms with Gasteiger partial charge in [0, 0.05) is 19.3 Å². The van der Waals surface area contributed by atoms with E-state index in [1.54, 1.807) is 0 Å². The Labute approximate surface area is 134 Å². The molecule has 2 unspecified atom stereocenters. The summed E-state index contributed by atoms with van der Waals surface area (Å²) in [6.45, 7) is 14.8. The van der Waals surface area contributed by atoms with Gasteiger partial charge in [0.05, 0.1) is 0 Å². The molecule has 1 saturated carbocycles. The second-order valence-electron chi connectivity index (χ2n) is 8.71. The summed E-state index contributed by atoms with van der Waals surface area (Å²) in [5, 5.41) is 0. The van der Waals surface area contributed by atoms with E-state index in [0.29, 0.717) is 16.4 Å². The van der Waals surface area contributed by atoms with Crippen molar-refractivity contribution in [2.75, 3.05) is 13.7 Å². The molecule has 1 aliphatic rings. The maximum absolute atomic E-state index is 6.59. The molecule has 126 valence electrons. The zero-order valence-corrected chi connectivity index (χ0v) is 16.6. The summed E-state index contributed by atoms with van der Waals surface area (Å²) < 4.78 is 12.8. The Morgan fingerprint density at radius 3 is 2.33 bits per heavy atom. The van der Waals surface area contributed by atoms with Crippen molar-refractivity contribution in [3.63, 3.8) is 0 Å². The average Bonchev–Trinajstić information content (AvgIpc) is 2.73. The summed E-state index contributed by atoms with van der Waals surface area (Å²) in [7, 11) is -0.182. The molecule has 0 radical (unpaired) electrons. The van der Waals surface area contributed by atoms with Gasteiger partial charge in [0.25, 0.3) is 0 Å². The zero-order valence-electron chi connectivity index (χ0n) is 15.6. The van der Waals surface area contributed by atoms with Crippen LogP contribution in [0.2, 0.25) is 11.6 Å². The highest BCUT2D eigenvalue weighted by molar-refractivity contribution is 6.69. The Morgan fingerprint density at radius 1 is 1.24 bits per heavy atom. The van der Waals surface area contributed by atoms with Crippen molar-refractivity contribution in [1.29, 1.82) is 0 Å². The molecule has 1 rings (SSSR count). The fourth-order valence-corrected chi connectivity index (χ4v) is 8.32. The third kappa shape index (κ3) is 5.37. The van der Waals surface area contributed by atoms with Crippen molar-refractivity contribution in [1.82, 2.24) is 0 Å². The standard InChI is InChI=1S/C18H38O2Si/c1-8-9-15-21(19-7,20-14-13-17(2,3)4)16-11-10-12-18(16,5)6/h16H,8-15H2,1-7H3. The van der Waals surface area contributed by atoms with E-state index in [2.05, 4.69) is 41.5 Å². The Morgan fingerprint density at radius 2 is 1.90 bits per heavy atom. The smallest absolute Gasteiger partial charge is 0.341 e. The second-order valence-corrected chi connectivity index (χ2v) is 12.2. The van der Waals surface area contributed by atoms with Gasteiger partial charge < -0.3 is 8.85 Å². The molecule has 0 aromatic rings. The van der Waals surface area contributed by atoms with Gasteiger partial charge in [-0.3, -0.25) is 0 Å². The van der Waals surface area contributed by atoms with Crippen LogP contribution in [0.1, 0.15) is 80.1 Å². The molecule has 3 heteroatoms. The van der Waals surface area contributed by atoms with E-state index in [1.165, 1.54) is 32.1 Å². The van der Waals surface area contributed by atoms with Crippen molar-refractivity contribution in [3.8, 4) is 0 Å². The highest BCUT2D eigenvalue weighted by atomic mass is 28.4. The topological polar surface area (TPSA) is 18.5 Å². The summed E-state index contributed by atoms with van der Waals surface area (Å²) in [5.41, 5.74) is 1.38. The Kier molecular flexibility index (Phi) is 6.95. The van der Waals surface area contributed by atoms with E-state index < -0.39 is 8.56 Å². The van der Waals surface area contributed by atoms with E-state index in [-0.39, 0.29) is 0 Å². The molecule has 0 heterocycles. The minimum Gasteiger partial charge on any atom is -0.397 e. The van der Waals surface area contributed by atoms with Crippen molar-refractivity contribution >= 4 is 8.56 Å². The first-order valence-corrected chi connectivity index (χ1v) is 11.0. The lowest BCUT2D eigenvalue weighted by molar-refractivity contribution is 0.146. The van der Waals surface area contributed by atoms with Gasteiger partial charge in [0.1, 0.15) is 0 Å². The lowest BCUT2D eigenvalue weighted by Crippen LogP contribution is -2.49. The molecule has 0 aromatic carbocycles. The quantitative estimate of drug-likeness (QED) is 0.519. The van der Waals surface area contributed by atoms with Crippen molar-refractivity contribution < 1.29 is 8.85 Å². The minimum atomic E-state index is -2.09. The highest BCUT2D eigenvalue weighted by Gasteiger charge is 2.53. The molecule has 0 amide bonds. The summed E-state index contributed by atoms with van der Waals surface area (Å²) in [4.78, 5) is 0. The van der Waals surface area contributed by atoms with E-state index >= 15 is 0 Å². The largest absolute Gasteiger partial charge is 0.397 e. The number of hydrogen-bond acceptors (Lipinski definition) is 2. The predicted molar refractivity (Wildman–Crippen MR) is 93.9 cm³/mol. The monoisotopic (exact) mass is 314 g/mol. The third-order valence-electron chi connectivity index (χ3n) is 5.21. The molecule has 1 aliphatic carbocycles. The summed E-state index contributed by atoms with van der Waals surface area (Å²) in [5.74, 6) is 0. The Balaban J connectivity index is 2.82. The van der Waals surface area contributed by atoms with Crippen LogP contribution in [0.3, 0.4) is 0 Å². The predicted octanol–water partition coefficient (Wildman–Crippen LogP) is 5.91. The lowest BCUT2D eigenvalue weighted by atomic mass is 9.91. The first-order valence-electron chi connectivity index (χ1n) is 8.86. The Hall–Kier alpha value is 0.137. The van der Waals surface area contributed by atoms with Crippen LogP contribution in [0.4, 0.5) is 0 Å². The number of rotatable bonds is 8. The SMILES string of the molecule is CCCC[Si](OC)(OCCC(C)(C)C)C1CCCC1(C)C. The number of hydrogen-bond donors (Lipinski definition) is 0. The van der Waals surface area contributed by atoms with Crippen LogP contribution < -0.4 is 0 Å². The van der Waals surface area contributed by atoms with Crippen LogP contribution in [0.5, 0.6) is 0 Å². The van der Waals surface area contributed by atoms with Gasteiger partial charge in [-0.25, -0.2) is 0 Å². The molecule has 21 heavy (non-hydrogen) atoms. The van der Waals surface area contributed by atoms with Gasteiger partial charge in [-0.2, -0.15) is 0 Å². The third-order valence-corrected chi connectivity index (χ3v) is 9.78. The molecule has 0 spiro atoms.